The van der Waals surface area contributed by atoms with Crippen molar-refractivity contribution >= 4 is 0 Å². The fraction of sp³-hybridized carbons (Fsp3) is 0.462. The number of benzene rings is 1. The third-order valence-electron chi connectivity index (χ3n) is 2.36. The van der Waals surface area contributed by atoms with E-state index in [9.17, 15) is 0 Å². The molecule has 0 aliphatic heterocycles. The lowest BCUT2D eigenvalue weighted by Gasteiger charge is -2.14. The molecule has 0 bridgehead atoms. The summed E-state index contributed by atoms with van der Waals surface area (Å²) in [7, 11) is 0. The molecule has 3 nitrogen and oxygen atoms in total. The molecule has 0 radical (unpaired) electrons. The smallest absolute Gasteiger partial charge is 0.119 e. The molecule has 2 N–H and O–H groups in total. The first-order valence-electron chi connectivity index (χ1n) is 5.52. The van der Waals surface area contributed by atoms with E-state index in [2.05, 4.69) is 6.07 Å². The van der Waals surface area contributed by atoms with Crippen molar-refractivity contribution in [2.24, 2.45) is 5.73 Å². The van der Waals surface area contributed by atoms with E-state index in [0.29, 0.717) is 13.0 Å². The van der Waals surface area contributed by atoms with Gasteiger partial charge in [-0.2, -0.15) is 5.26 Å². The van der Waals surface area contributed by atoms with Crippen molar-refractivity contribution in [1.29, 1.82) is 5.26 Å². The fourth-order valence-corrected chi connectivity index (χ4v) is 1.36. The molecule has 0 fully saturated rings. The van der Waals surface area contributed by atoms with E-state index in [4.69, 9.17) is 15.7 Å². The maximum Gasteiger partial charge on any atom is 0.119 e. The number of ether oxygens (including phenoxy) is 1. The number of nitrogens with two attached hydrogens (primary N) is 1. The van der Waals surface area contributed by atoms with Crippen LogP contribution in [-0.4, -0.2) is 12.1 Å². The van der Waals surface area contributed by atoms with Crippen LogP contribution < -0.4 is 10.5 Å². The van der Waals surface area contributed by atoms with Gasteiger partial charge in [0.1, 0.15) is 11.3 Å². The zero-order chi connectivity index (χ0) is 11.9. The minimum Gasteiger partial charge on any atom is -0.494 e. The third kappa shape index (κ3) is 4.81. The van der Waals surface area contributed by atoms with Crippen LogP contribution in [0.3, 0.4) is 0 Å². The molecule has 1 aromatic carbocycles. The molecule has 0 aliphatic carbocycles. The van der Waals surface area contributed by atoms with Crippen LogP contribution in [0, 0.1) is 11.3 Å². The van der Waals surface area contributed by atoms with Crippen LogP contribution >= 0.6 is 0 Å². The fourth-order valence-electron chi connectivity index (χ4n) is 1.36. The number of unbranched alkanes of at least 4 members (excludes halogenated alkanes) is 1. The van der Waals surface area contributed by atoms with E-state index in [1.165, 1.54) is 0 Å². The van der Waals surface area contributed by atoms with Crippen molar-refractivity contribution in [3.05, 3.63) is 30.3 Å². The average Bonchev–Trinajstić information content (AvgIpc) is 2.30. The summed E-state index contributed by atoms with van der Waals surface area (Å²) < 4.78 is 5.53. The maximum atomic E-state index is 8.72. The van der Waals surface area contributed by atoms with Crippen molar-refractivity contribution in [3.8, 4) is 11.8 Å². The third-order valence-corrected chi connectivity index (χ3v) is 2.36. The molecular formula is C13H18N2O. The highest BCUT2D eigenvalue weighted by Crippen LogP contribution is 2.12. The summed E-state index contributed by atoms with van der Waals surface area (Å²) in [6, 6.07) is 11.8. The van der Waals surface area contributed by atoms with E-state index in [1.807, 2.05) is 30.3 Å². The molecule has 1 atom stereocenters. The Kier molecular flexibility index (Phi) is 4.81. The predicted octanol–water partition coefficient (Wildman–Crippen LogP) is 2.48. The second-order valence-corrected chi connectivity index (χ2v) is 4.15. The summed E-state index contributed by atoms with van der Waals surface area (Å²) in [6.45, 7) is 2.43. The van der Waals surface area contributed by atoms with Gasteiger partial charge in [-0.05, 0) is 38.3 Å². The summed E-state index contributed by atoms with van der Waals surface area (Å²) >= 11 is 0. The number of hydrogen-bond donors (Lipinski definition) is 1. The summed E-state index contributed by atoms with van der Waals surface area (Å²) in [5.41, 5.74) is 5.01. The molecule has 0 spiro atoms. The Hall–Kier alpha value is -1.53. The zero-order valence-corrected chi connectivity index (χ0v) is 9.65. The Morgan fingerprint density at radius 3 is 2.62 bits per heavy atom. The van der Waals surface area contributed by atoms with Crippen LogP contribution in [0.5, 0.6) is 5.75 Å². The monoisotopic (exact) mass is 218 g/mol. The van der Waals surface area contributed by atoms with Gasteiger partial charge < -0.3 is 10.5 Å². The van der Waals surface area contributed by atoms with Gasteiger partial charge in [0.2, 0.25) is 0 Å². The Morgan fingerprint density at radius 1 is 1.31 bits per heavy atom. The van der Waals surface area contributed by atoms with Gasteiger partial charge in [-0.25, -0.2) is 0 Å². The second-order valence-electron chi connectivity index (χ2n) is 4.15. The molecule has 0 amide bonds. The van der Waals surface area contributed by atoms with Crippen LogP contribution in [0.15, 0.2) is 30.3 Å². The topological polar surface area (TPSA) is 59.0 Å². The minimum atomic E-state index is -0.702. The van der Waals surface area contributed by atoms with Gasteiger partial charge in [0.25, 0.3) is 0 Å². The first-order chi connectivity index (χ1) is 7.64. The molecule has 0 aromatic heterocycles. The number of para-hydroxylation sites is 1. The number of nitrogens with zero attached hydrogens (tertiary/aromatic N) is 1. The number of nitriles is 1. The highest BCUT2D eigenvalue weighted by molar-refractivity contribution is 5.20. The van der Waals surface area contributed by atoms with Crippen LogP contribution in [-0.2, 0) is 0 Å². The first-order valence-corrected chi connectivity index (χ1v) is 5.52. The largest absolute Gasteiger partial charge is 0.494 e. The molecule has 1 unspecified atom stereocenters. The summed E-state index contributed by atoms with van der Waals surface area (Å²) in [6.07, 6.45) is 2.54. The van der Waals surface area contributed by atoms with Gasteiger partial charge in [-0.15, -0.1) is 0 Å². The lowest BCUT2D eigenvalue weighted by atomic mass is 9.98. The van der Waals surface area contributed by atoms with Gasteiger partial charge in [-0.3, -0.25) is 0 Å². The Labute approximate surface area is 96.8 Å². The molecule has 0 heterocycles. The average molecular weight is 218 g/mol. The quantitative estimate of drug-likeness (QED) is 0.746. The molecule has 1 rings (SSSR count). The lowest BCUT2D eigenvalue weighted by Crippen LogP contribution is -2.33. The highest BCUT2D eigenvalue weighted by Gasteiger charge is 2.15. The Bertz CT molecular complexity index is 341. The van der Waals surface area contributed by atoms with Crippen molar-refractivity contribution in [3.63, 3.8) is 0 Å². The van der Waals surface area contributed by atoms with E-state index in [-0.39, 0.29) is 0 Å². The van der Waals surface area contributed by atoms with Crippen LogP contribution in [0.2, 0.25) is 0 Å². The molecule has 16 heavy (non-hydrogen) atoms. The van der Waals surface area contributed by atoms with E-state index >= 15 is 0 Å². The second kappa shape index (κ2) is 6.14. The normalized spacial score (nSPS) is 13.8. The van der Waals surface area contributed by atoms with Crippen molar-refractivity contribution < 1.29 is 4.74 Å². The minimum absolute atomic E-state index is 0.672. The number of rotatable bonds is 6. The standard InChI is InChI=1S/C13H18N2O/c1-13(15,11-14)9-5-6-10-16-12-7-3-2-4-8-12/h2-4,7-8H,5-6,9-10,15H2,1H3. The van der Waals surface area contributed by atoms with Gasteiger partial charge >= 0.3 is 0 Å². The highest BCUT2D eigenvalue weighted by atomic mass is 16.5. The maximum absolute atomic E-state index is 8.72. The molecule has 86 valence electrons. The van der Waals surface area contributed by atoms with Gasteiger partial charge in [0.05, 0.1) is 12.7 Å². The van der Waals surface area contributed by atoms with Crippen LogP contribution in [0.1, 0.15) is 26.2 Å². The predicted molar refractivity (Wildman–Crippen MR) is 64.0 cm³/mol. The first kappa shape index (κ1) is 12.5. The SMILES string of the molecule is CC(N)(C#N)CCCCOc1ccccc1. The zero-order valence-electron chi connectivity index (χ0n) is 9.65. The molecule has 0 saturated heterocycles. The number of hydrogen-bond acceptors (Lipinski definition) is 3. The molecular weight excluding hydrogens is 200 g/mol. The lowest BCUT2D eigenvalue weighted by molar-refractivity contribution is 0.301. The van der Waals surface area contributed by atoms with Crippen molar-refractivity contribution in [2.45, 2.75) is 31.7 Å². The molecule has 1 aromatic rings. The summed E-state index contributed by atoms with van der Waals surface area (Å²) in [5.74, 6) is 0.887. The van der Waals surface area contributed by atoms with Crippen molar-refractivity contribution in [2.75, 3.05) is 6.61 Å². The molecule has 0 aliphatic rings. The van der Waals surface area contributed by atoms with Crippen molar-refractivity contribution in [1.82, 2.24) is 0 Å². The summed E-state index contributed by atoms with van der Waals surface area (Å²) in [4.78, 5) is 0. The summed E-state index contributed by atoms with van der Waals surface area (Å²) in [5, 5.41) is 8.72. The Balaban J connectivity index is 2.12. The van der Waals surface area contributed by atoms with Gasteiger partial charge in [0.15, 0.2) is 0 Å². The van der Waals surface area contributed by atoms with E-state index in [1.54, 1.807) is 6.92 Å². The van der Waals surface area contributed by atoms with Crippen LogP contribution in [0.4, 0.5) is 0 Å². The Morgan fingerprint density at radius 2 is 2.00 bits per heavy atom. The van der Waals surface area contributed by atoms with Gasteiger partial charge in [0, 0.05) is 0 Å². The van der Waals surface area contributed by atoms with E-state index in [0.717, 1.165) is 18.6 Å². The van der Waals surface area contributed by atoms with Gasteiger partial charge in [-0.1, -0.05) is 18.2 Å². The molecule has 3 heteroatoms. The molecule has 0 saturated carbocycles. The van der Waals surface area contributed by atoms with Crippen LogP contribution in [0.25, 0.3) is 0 Å². The van der Waals surface area contributed by atoms with E-state index < -0.39 is 5.54 Å².